The predicted molar refractivity (Wildman–Crippen MR) is 94.9 cm³/mol. The number of phenols is 1. The molecule has 0 aromatic heterocycles. The minimum atomic E-state index is -4.80. The Hall–Kier alpha value is -3.62. The van der Waals surface area contributed by atoms with Crippen molar-refractivity contribution in [3.8, 4) is 5.75 Å². The van der Waals surface area contributed by atoms with Gasteiger partial charge in [0.1, 0.15) is 5.75 Å². The Bertz CT molecular complexity index is 1050. The van der Waals surface area contributed by atoms with Crippen LogP contribution in [-0.4, -0.2) is 16.2 Å². The molecule has 0 unspecified atom stereocenters. The molecule has 3 aromatic carbocycles. The molecule has 0 amide bonds. The second kappa shape index (κ2) is 6.94. The summed E-state index contributed by atoms with van der Waals surface area (Å²) in [6, 6.07) is 12.6. The summed E-state index contributed by atoms with van der Waals surface area (Å²) in [5, 5.41) is 26.0. The lowest BCUT2D eigenvalue weighted by Gasteiger charge is -2.12. The highest BCUT2D eigenvalue weighted by Crippen LogP contribution is 2.37. The summed E-state index contributed by atoms with van der Waals surface area (Å²) in [7, 11) is 0. The predicted octanol–water partition coefficient (Wildman–Crippen LogP) is 4.92. The van der Waals surface area contributed by atoms with E-state index >= 15 is 0 Å². The molecule has 0 spiro atoms. The van der Waals surface area contributed by atoms with Gasteiger partial charge in [-0.2, -0.15) is 18.3 Å². The number of halogens is 3. The maximum Gasteiger partial charge on any atom is 0.418 e. The van der Waals surface area contributed by atoms with Gasteiger partial charge in [0, 0.05) is 17.7 Å². The van der Waals surface area contributed by atoms with Gasteiger partial charge >= 0.3 is 6.18 Å². The number of nitrogens with zero attached hydrogens (tertiary/aromatic N) is 2. The van der Waals surface area contributed by atoms with Gasteiger partial charge in [-0.3, -0.25) is 15.5 Å². The number of benzene rings is 3. The summed E-state index contributed by atoms with van der Waals surface area (Å²) in [5.41, 5.74) is 0.242. The monoisotopic (exact) mass is 375 g/mol. The van der Waals surface area contributed by atoms with E-state index in [9.17, 15) is 28.4 Å². The van der Waals surface area contributed by atoms with Crippen LogP contribution in [0.1, 0.15) is 11.1 Å². The first kappa shape index (κ1) is 18.2. The summed E-state index contributed by atoms with van der Waals surface area (Å²) in [6.07, 6.45) is -3.61. The molecule has 0 bridgehead atoms. The summed E-state index contributed by atoms with van der Waals surface area (Å²) in [5.74, 6) is -0.0843. The third kappa shape index (κ3) is 3.81. The topological polar surface area (TPSA) is 87.8 Å². The molecule has 0 atom stereocenters. The Kier molecular flexibility index (Phi) is 4.68. The Labute approximate surface area is 150 Å². The first-order valence-corrected chi connectivity index (χ1v) is 7.63. The molecule has 0 fully saturated rings. The Balaban J connectivity index is 1.96. The van der Waals surface area contributed by atoms with Gasteiger partial charge in [0.25, 0.3) is 5.69 Å². The van der Waals surface area contributed by atoms with Crippen molar-refractivity contribution in [1.29, 1.82) is 0 Å². The van der Waals surface area contributed by atoms with Crippen molar-refractivity contribution in [2.75, 3.05) is 5.43 Å². The van der Waals surface area contributed by atoms with Crippen molar-refractivity contribution in [1.82, 2.24) is 0 Å². The average molecular weight is 375 g/mol. The Morgan fingerprint density at radius 1 is 1.11 bits per heavy atom. The van der Waals surface area contributed by atoms with E-state index in [4.69, 9.17) is 0 Å². The molecule has 0 radical (unpaired) electrons. The van der Waals surface area contributed by atoms with E-state index in [-0.39, 0.29) is 5.75 Å². The highest BCUT2D eigenvalue weighted by Gasteiger charge is 2.35. The van der Waals surface area contributed by atoms with Gasteiger partial charge in [0.05, 0.1) is 22.4 Å². The van der Waals surface area contributed by atoms with Crippen LogP contribution in [0.15, 0.2) is 59.7 Å². The lowest BCUT2D eigenvalue weighted by molar-refractivity contribution is -0.385. The van der Waals surface area contributed by atoms with Crippen LogP contribution in [0, 0.1) is 10.1 Å². The number of rotatable bonds is 4. The lowest BCUT2D eigenvalue weighted by Crippen LogP contribution is -2.09. The van der Waals surface area contributed by atoms with Crippen LogP contribution in [-0.2, 0) is 6.18 Å². The van der Waals surface area contributed by atoms with Crippen molar-refractivity contribution < 1.29 is 23.2 Å². The summed E-state index contributed by atoms with van der Waals surface area (Å²) < 4.78 is 39.5. The van der Waals surface area contributed by atoms with Gasteiger partial charge in [-0.05, 0) is 22.9 Å². The molecule has 0 heterocycles. The standard InChI is InChI=1S/C18H12F3N3O3/c19-18(20,21)15-9-12(24(26)27)6-7-16(15)23-22-10-14-13-4-2-1-3-11(13)5-8-17(14)25/h1-10,23,25H. The first-order valence-electron chi connectivity index (χ1n) is 7.63. The summed E-state index contributed by atoms with van der Waals surface area (Å²) >= 11 is 0. The van der Waals surface area contributed by atoms with Gasteiger partial charge in [-0.25, -0.2) is 0 Å². The third-order valence-electron chi connectivity index (χ3n) is 3.85. The Morgan fingerprint density at radius 3 is 2.56 bits per heavy atom. The lowest BCUT2D eigenvalue weighted by atomic mass is 10.0. The fraction of sp³-hybridized carbons (Fsp3) is 0.0556. The maximum atomic E-state index is 13.2. The van der Waals surface area contributed by atoms with Gasteiger partial charge < -0.3 is 5.11 Å². The van der Waals surface area contributed by atoms with E-state index < -0.39 is 28.0 Å². The zero-order valence-corrected chi connectivity index (χ0v) is 13.6. The van der Waals surface area contributed by atoms with Crippen molar-refractivity contribution in [2.45, 2.75) is 6.18 Å². The summed E-state index contributed by atoms with van der Waals surface area (Å²) in [4.78, 5) is 9.81. The molecule has 3 aromatic rings. The number of nitro benzene ring substituents is 1. The van der Waals surface area contributed by atoms with Crippen LogP contribution in [0.4, 0.5) is 24.5 Å². The van der Waals surface area contributed by atoms with E-state index in [0.29, 0.717) is 17.0 Å². The van der Waals surface area contributed by atoms with Crippen LogP contribution in [0.5, 0.6) is 5.75 Å². The zero-order valence-electron chi connectivity index (χ0n) is 13.6. The normalized spacial score (nSPS) is 11.8. The SMILES string of the molecule is O=[N+]([O-])c1ccc(NN=Cc2c(O)ccc3ccccc23)c(C(F)(F)F)c1. The minimum absolute atomic E-state index is 0.0843. The highest BCUT2D eigenvalue weighted by atomic mass is 19.4. The van der Waals surface area contributed by atoms with Crippen LogP contribution < -0.4 is 5.43 Å². The third-order valence-corrected chi connectivity index (χ3v) is 3.85. The fourth-order valence-electron chi connectivity index (χ4n) is 2.56. The van der Waals surface area contributed by atoms with E-state index in [1.165, 1.54) is 12.3 Å². The molecular formula is C18H12F3N3O3. The van der Waals surface area contributed by atoms with Gasteiger partial charge in [0.2, 0.25) is 0 Å². The van der Waals surface area contributed by atoms with Crippen LogP contribution in [0.3, 0.4) is 0 Å². The molecule has 2 N–H and O–H groups in total. The van der Waals surface area contributed by atoms with Gasteiger partial charge in [-0.1, -0.05) is 30.3 Å². The number of hydrogen-bond acceptors (Lipinski definition) is 5. The zero-order chi connectivity index (χ0) is 19.6. The van der Waals surface area contributed by atoms with E-state index in [1.807, 2.05) is 12.1 Å². The number of non-ortho nitro benzene ring substituents is 1. The smallest absolute Gasteiger partial charge is 0.418 e. The minimum Gasteiger partial charge on any atom is -0.507 e. The average Bonchev–Trinajstić information content (AvgIpc) is 2.62. The van der Waals surface area contributed by atoms with Crippen molar-refractivity contribution in [3.05, 3.63) is 75.8 Å². The molecular weight excluding hydrogens is 363 g/mol. The van der Waals surface area contributed by atoms with Crippen LogP contribution in [0.2, 0.25) is 0 Å². The second-order valence-corrected chi connectivity index (χ2v) is 5.57. The molecule has 6 nitrogen and oxygen atoms in total. The van der Waals surface area contributed by atoms with Crippen LogP contribution in [0.25, 0.3) is 10.8 Å². The van der Waals surface area contributed by atoms with E-state index in [1.54, 1.807) is 18.2 Å². The molecule has 0 aliphatic heterocycles. The van der Waals surface area contributed by atoms with E-state index in [2.05, 4.69) is 10.5 Å². The number of alkyl halides is 3. The Morgan fingerprint density at radius 2 is 1.85 bits per heavy atom. The number of fused-ring (bicyclic) bond motifs is 1. The fourth-order valence-corrected chi connectivity index (χ4v) is 2.56. The van der Waals surface area contributed by atoms with Crippen molar-refractivity contribution in [2.24, 2.45) is 5.10 Å². The van der Waals surface area contributed by atoms with Crippen molar-refractivity contribution >= 4 is 28.4 Å². The molecule has 9 heteroatoms. The molecule has 3 rings (SSSR count). The second-order valence-electron chi connectivity index (χ2n) is 5.57. The van der Waals surface area contributed by atoms with Gasteiger partial charge in [0.15, 0.2) is 0 Å². The number of nitrogens with one attached hydrogen (secondary N) is 1. The molecule has 0 saturated carbocycles. The number of anilines is 1. The first-order chi connectivity index (χ1) is 12.8. The van der Waals surface area contributed by atoms with Gasteiger partial charge in [-0.15, -0.1) is 0 Å². The molecule has 0 aliphatic carbocycles. The quantitative estimate of drug-likeness (QED) is 0.385. The van der Waals surface area contributed by atoms with E-state index in [0.717, 1.165) is 17.5 Å². The van der Waals surface area contributed by atoms with Crippen LogP contribution >= 0.6 is 0 Å². The number of phenolic OH excluding ortho intramolecular Hbond substituents is 1. The number of hydrogen-bond donors (Lipinski definition) is 2. The number of aromatic hydroxyl groups is 1. The summed E-state index contributed by atoms with van der Waals surface area (Å²) in [6.45, 7) is 0. The maximum absolute atomic E-state index is 13.2. The van der Waals surface area contributed by atoms with Crippen molar-refractivity contribution in [3.63, 3.8) is 0 Å². The number of hydrazone groups is 1. The largest absolute Gasteiger partial charge is 0.507 e. The highest BCUT2D eigenvalue weighted by molar-refractivity contribution is 6.02. The molecule has 0 saturated heterocycles. The molecule has 27 heavy (non-hydrogen) atoms. The number of nitro groups is 1. The molecule has 0 aliphatic rings. The molecule has 138 valence electrons.